The lowest BCUT2D eigenvalue weighted by atomic mass is 10.1. The summed E-state index contributed by atoms with van der Waals surface area (Å²) in [5, 5.41) is 22.8. The Morgan fingerprint density at radius 1 is 1.71 bits per heavy atom. The number of nitrogens with two attached hydrogens (primary N) is 1. The van der Waals surface area contributed by atoms with E-state index < -0.39 is 0 Å². The second-order valence-electron chi connectivity index (χ2n) is 4.09. The van der Waals surface area contributed by atoms with E-state index in [9.17, 15) is 0 Å². The molecule has 0 aliphatic rings. The quantitative estimate of drug-likeness (QED) is 0.289. The maximum atomic E-state index is 8.55. The average Bonchev–Trinajstić information content (AvgIpc) is 2.74. The van der Waals surface area contributed by atoms with Crippen molar-refractivity contribution in [3.8, 4) is 0 Å². The molecule has 96 valence electrons. The van der Waals surface area contributed by atoms with Crippen LogP contribution in [0.2, 0.25) is 0 Å². The highest BCUT2D eigenvalue weighted by atomic mass is 16.4. The fourth-order valence-electron chi connectivity index (χ4n) is 1.73. The molecule has 7 heteroatoms. The van der Waals surface area contributed by atoms with Gasteiger partial charge >= 0.3 is 0 Å². The summed E-state index contributed by atoms with van der Waals surface area (Å²) in [7, 11) is 1.90. The van der Waals surface area contributed by atoms with Crippen LogP contribution < -0.4 is 11.1 Å². The third kappa shape index (κ3) is 3.70. The molecule has 17 heavy (non-hydrogen) atoms. The number of aromatic nitrogens is 3. The van der Waals surface area contributed by atoms with Crippen LogP contribution in [0, 0.1) is 0 Å². The van der Waals surface area contributed by atoms with E-state index in [0.717, 1.165) is 12.2 Å². The molecule has 1 aromatic rings. The van der Waals surface area contributed by atoms with Gasteiger partial charge in [-0.15, -0.1) is 10.2 Å². The van der Waals surface area contributed by atoms with Gasteiger partial charge in [0.15, 0.2) is 0 Å². The highest BCUT2D eigenvalue weighted by molar-refractivity contribution is 5.80. The maximum Gasteiger partial charge on any atom is 0.149 e. The molecule has 0 saturated heterocycles. The van der Waals surface area contributed by atoms with Crippen LogP contribution in [0.3, 0.4) is 0 Å². The Kier molecular flexibility index (Phi) is 4.89. The normalized spacial score (nSPS) is 15.8. The van der Waals surface area contributed by atoms with Crippen LogP contribution in [0.15, 0.2) is 11.5 Å². The molecule has 0 fully saturated rings. The summed E-state index contributed by atoms with van der Waals surface area (Å²) in [5.41, 5.74) is 5.50. The third-order valence-electron chi connectivity index (χ3n) is 2.70. The molecule has 1 rings (SSSR count). The minimum absolute atomic E-state index is 0.0685. The zero-order chi connectivity index (χ0) is 12.8. The fourth-order valence-corrected chi connectivity index (χ4v) is 1.73. The number of hydrogen-bond donors (Lipinski definition) is 3. The van der Waals surface area contributed by atoms with Gasteiger partial charge in [-0.25, -0.2) is 0 Å². The van der Waals surface area contributed by atoms with Crippen molar-refractivity contribution in [3.05, 3.63) is 12.2 Å². The van der Waals surface area contributed by atoms with Crippen LogP contribution >= 0.6 is 0 Å². The van der Waals surface area contributed by atoms with Gasteiger partial charge in [0, 0.05) is 19.5 Å². The number of aryl methyl sites for hydroxylation is 1. The zero-order valence-electron chi connectivity index (χ0n) is 10.5. The molecule has 0 amide bonds. The van der Waals surface area contributed by atoms with Gasteiger partial charge in [-0.05, 0) is 13.3 Å². The smallest absolute Gasteiger partial charge is 0.149 e. The van der Waals surface area contributed by atoms with E-state index in [1.807, 2.05) is 25.5 Å². The standard InChI is InChI=1S/C10H20N6O/c1-4-8(5-9(11)15-17)13-7(2)10-14-12-6-16(10)3/h6-8,13,17H,4-5H2,1-3H3,(H2,11,15). The van der Waals surface area contributed by atoms with Gasteiger partial charge in [-0.2, -0.15) is 0 Å². The molecule has 0 spiro atoms. The Hall–Kier alpha value is -1.63. The van der Waals surface area contributed by atoms with Crippen molar-refractivity contribution >= 4 is 5.84 Å². The highest BCUT2D eigenvalue weighted by Gasteiger charge is 2.16. The molecule has 0 radical (unpaired) electrons. The number of nitrogens with zero attached hydrogens (tertiary/aromatic N) is 4. The first-order chi connectivity index (χ1) is 8.08. The number of amidine groups is 1. The van der Waals surface area contributed by atoms with Crippen molar-refractivity contribution in [1.82, 2.24) is 20.1 Å². The van der Waals surface area contributed by atoms with Crippen LogP contribution in [0.1, 0.15) is 38.6 Å². The molecule has 0 aliphatic carbocycles. The zero-order valence-corrected chi connectivity index (χ0v) is 10.5. The lowest BCUT2D eigenvalue weighted by Crippen LogP contribution is -2.35. The summed E-state index contributed by atoms with van der Waals surface area (Å²) in [6.45, 7) is 4.06. The van der Waals surface area contributed by atoms with E-state index in [2.05, 4.69) is 20.7 Å². The summed E-state index contributed by atoms with van der Waals surface area (Å²) >= 11 is 0. The van der Waals surface area contributed by atoms with Crippen molar-refractivity contribution < 1.29 is 5.21 Å². The first-order valence-electron chi connectivity index (χ1n) is 5.64. The Bertz CT molecular complexity index is 375. The van der Waals surface area contributed by atoms with E-state index in [4.69, 9.17) is 10.9 Å². The molecule has 0 bridgehead atoms. The Balaban J connectivity index is 2.60. The maximum absolute atomic E-state index is 8.55. The van der Waals surface area contributed by atoms with Crippen LogP contribution in [0.4, 0.5) is 0 Å². The monoisotopic (exact) mass is 240 g/mol. The second kappa shape index (κ2) is 6.19. The van der Waals surface area contributed by atoms with E-state index in [1.54, 1.807) is 6.33 Å². The predicted molar refractivity (Wildman–Crippen MR) is 64.7 cm³/mol. The summed E-state index contributed by atoms with van der Waals surface area (Å²) < 4.78 is 1.87. The van der Waals surface area contributed by atoms with E-state index in [0.29, 0.717) is 6.42 Å². The fraction of sp³-hybridized carbons (Fsp3) is 0.700. The van der Waals surface area contributed by atoms with E-state index in [1.165, 1.54) is 0 Å². The van der Waals surface area contributed by atoms with Crippen molar-refractivity contribution in [2.75, 3.05) is 0 Å². The van der Waals surface area contributed by atoms with Gasteiger partial charge in [-0.3, -0.25) is 0 Å². The van der Waals surface area contributed by atoms with Crippen molar-refractivity contribution in [2.24, 2.45) is 17.9 Å². The van der Waals surface area contributed by atoms with Crippen LogP contribution in [-0.2, 0) is 7.05 Å². The molecular formula is C10H20N6O. The van der Waals surface area contributed by atoms with Crippen molar-refractivity contribution in [1.29, 1.82) is 0 Å². The molecule has 0 saturated carbocycles. The lowest BCUT2D eigenvalue weighted by Gasteiger charge is -2.21. The molecule has 2 unspecified atom stereocenters. The number of nitrogens with one attached hydrogen (secondary N) is 1. The molecular weight excluding hydrogens is 220 g/mol. The van der Waals surface area contributed by atoms with E-state index in [-0.39, 0.29) is 17.9 Å². The molecule has 1 heterocycles. The number of oxime groups is 1. The van der Waals surface area contributed by atoms with Gasteiger partial charge in [0.05, 0.1) is 6.04 Å². The summed E-state index contributed by atoms with van der Waals surface area (Å²) in [4.78, 5) is 0. The highest BCUT2D eigenvalue weighted by Crippen LogP contribution is 2.10. The molecule has 7 nitrogen and oxygen atoms in total. The van der Waals surface area contributed by atoms with Crippen LogP contribution in [0.25, 0.3) is 0 Å². The second-order valence-corrected chi connectivity index (χ2v) is 4.09. The van der Waals surface area contributed by atoms with Crippen molar-refractivity contribution in [2.45, 2.75) is 38.8 Å². The van der Waals surface area contributed by atoms with Gasteiger partial charge in [0.2, 0.25) is 0 Å². The van der Waals surface area contributed by atoms with Gasteiger partial charge in [0.25, 0.3) is 0 Å². The Labute approximate surface area is 101 Å². The minimum Gasteiger partial charge on any atom is -0.409 e. The number of hydrogen-bond acceptors (Lipinski definition) is 5. The predicted octanol–water partition coefficient (Wildman–Crippen LogP) is 0.381. The van der Waals surface area contributed by atoms with Gasteiger partial charge in [-0.1, -0.05) is 12.1 Å². The average molecular weight is 240 g/mol. The van der Waals surface area contributed by atoms with Gasteiger partial charge in [0.1, 0.15) is 18.0 Å². The largest absolute Gasteiger partial charge is 0.409 e. The van der Waals surface area contributed by atoms with Crippen molar-refractivity contribution in [3.63, 3.8) is 0 Å². The van der Waals surface area contributed by atoms with Crippen LogP contribution in [0.5, 0.6) is 0 Å². The number of rotatable bonds is 6. The SMILES string of the molecule is CCC(CC(N)=NO)NC(C)c1nncn1C. The minimum atomic E-state index is 0.0685. The first kappa shape index (κ1) is 13.4. The molecule has 0 aliphatic heterocycles. The third-order valence-corrected chi connectivity index (χ3v) is 2.70. The topological polar surface area (TPSA) is 101 Å². The first-order valence-corrected chi connectivity index (χ1v) is 5.64. The lowest BCUT2D eigenvalue weighted by molar-refractivity contribution is 0.314. The van der Waals surface area contributed by atoms with Crippen LogP contribution in [-0.4, -0.2) is 31.8 Å². The Morgan fingerprint density at radius 3 is 2.88 bits per heavy atom. The summed E-state index contributed by atoms with van der Waals surface area (Å²) in [6, 6.07) is 0.219. The molecule has 4 N–H and O–H groups in total. The van der Waals surface area contributed by atoms with Gasteiger partial charge < -0.3 is 20.8 Å². The molecule has 2 atom stereocenters. The Morgan fingerprint density at radius 2 is 2.41 bits per heavy atom. The summed E-state index contributed by atoms with van der Waals surface area (Å²) in [5.74, 6) is 1.09. The van der Waals surface area contributed by atoms with E-state index >= 15 is 0 Å². The molecule has 0 aromatic carbocycles. The molecule has 1 aromatic heterocycles. The summed E-state index contributed by atoms with van der Waals surface area (Å²) in [6.07, 6.45) is 3.06.